The van der Waals surface area contributed by atoms with Crippen LogP contribution in [0.1, 0.15) is 0 Å². The lowest BCUT2D eigenvalue weighted by atomic mass is 10.2. The fraction of sp³-hybridized carbons (Fsp3) is 0.0476. The van der Waals surface area contributed by atoms with E-state index in [0.717, 1.165) is 37.3 Å². The predicted molar refractivity (Wildman–Crippen MR) is 113 cm³/mol. The Morgan fingerprint density at radius 1 is 1.03 bits per heavy atom. The van der Waals surface area contributed by atoms with Crippen LogP contribution in [-0.4, -0.2) is 12.2 Å². The van der Waals surface area contributed by atoms with Crippen LogP contribution in [0.4, 0.5) is 15.2 Å². The first-order valence-corrected chi connectivity index (χ1v) is 10.1. The Morgan fingerprint density at radius 3 is 2.41 bits per heavy atom. The van der Waals surface area contributed by atoms with E-state index in [2.05, 4.69) is 21.2 Å². The van der Waals surface area contributed by atoms with E-state index in [1.807, 2.05) is 53.2 Å². The molecule has 1 N–H and O–H groups in total. The van der Waals surface area contributed by atoms with Gasteiger partial charge in [-0.1, -0.05) is 18.2 Å². The van der Waals surface area contributed by atoms with Crippen LogP contribution in [0.2, 0.25) is 0 Å². The van der Waals surface area contributed by atoms with Gasteiger partial charge in [0.1, 0.15) is 11.6 Å². The van der Waals surface area contributed by atoms with Crippen molar-refractivity contribution in [2.24, 2.45) is 0 Å². The average molecular weight is 493 g/mol. The lowest BCUT2D eigenvalue weighted by Crippen LogP contribution is -3.00. The van der Waals surface area contributed by atoms with Gasteiger partial charge in [0.15, 0.2) is 0 Å². The molecule has 4 aromatic rings. The van der Waals surface area contributed by atoms with Crippen molar-refractivity contribution in [2.75, 3.05) is 12.4 Å². The number of methoxy groups -OCH3 is 1. The molecular weight excluding hydrogens is 477 g/mol. The van der Waals surface area contributed by atoms with Gasteiger partial charge >= 0.3 is 5.01 Å². The fourth-order valence-electron chi connectivity index (χ4n) is 2.72. The number of nitrogens with one attached hydrogen (secondary N) is 1. The van der Waals surface area contributed by atoms with Crippen molar-refractivity contribution in [2.45, 2.75) is 0 Å². The van der Waals surface area contributed by atoms with Gasteiger partial charge in [-0.15, -0.1) is 0 Å². The molecule has 0 saturated heterocycles. The number of hydrogen-bond acceptors (Lipinski definition) is 4. The molecule has 0 bridgehead atoms. The molecule has 0 aliphatic carbocycles. The van der Waals surface area contributed by atoms with E-state index >= 15 is 0 Å². The predicted octanol–water partition coefficient (Wildman–Crippen LogP) is 2.74. The normalized spacial score (nSPS) is 10.3. The van der Waals surface area contributed by atoms with Crippen LogP contribution in [0, 0.1) is 5.82 Å². The second-order valence-corrected chi connectivity index (χ2v) is 7.77. The zero-order valence-corrected chi connectivity index (χ0v) is 18.4. The Hall–Kier alpha value is -2.48. The highest BCUT2D eigenvalue weighted by Gasteiger charge is 2.25. The fourth-order valence-corrected chi connectivity index (χ4v) is 4.22. The first-order chi connectivity index (χ1) is 13.6. The second kappa shape index (κ2) is 9.35. The number of ether oxygens (including phenoxy) is 1. The first-order valence-electron chi connectivity index (χ1n) is 8.49. The maximum Gasteiger partial charge on any atom is 0.304 e. The summed E-state index contributed by atoms with van der Waals surface area (Å²) in [5, 5.41) is 9.68. The van der Waals surface area contributed by atoms with Crippen molar-refractivity contribution >= 4 is 38.1 Å². The number of aromatic nitrogens is 2. The van der Waals surface area contributed by atoms with E-state index in [0.29, 0.717) is 0 Å². The monoisotopic (exact) mass is 491 g/mol. The quantitative estimate of drug-likeness (QED) is 0.436. The van der Waals surface area contributed by atoms with E-state index in [1.54, 1.807) is 19.2 Å². The standard InChI is InChI=1S/C21H16BrFN3OS.ClH/c1-27-19-12-7-14(13-18(19)22)20-26(17-10-8-15(23)9-11-17)25-21(28-20)24-16-5-3-2-4-6-16;/h2-13H,1H3,(H,24,25);1H/q+1;/p-1. The highest BCUT2D eigenvalue weighted by atomic mass is 79.9. The molecule has 0 unspecified atom stereocenters. The molecule has 0 aliphatic rings. The molecule has 3 aromatic carbocycles. The van der Waals surface area contributed by atoms with Crippen LogP contribution in [-0.2, 0) is 0 Å². The van der Waals surface area contributed by atoms with Crippen LogP contribution in [0.15, 0.2) is 77.3 Å². The molecular formula is C21H16BrClFN3OS. The third-order valence-corrected chi connectivity index (χ3v) is 5.67. The van der Waals surface area contributed by atoms with E-state index in [9.17, 15) is 4.39 Å². The first kappa shape index (κ1) is 21.2. The van der Waals surface area contributed by atoms with Crippen LogP contribution < -0.4 is 27.1 Å². The third-order valence-electron chi connectivity index (χ3n) is 4.07. The molecule has 4 nitrogen and oxygen atoms in total. The minimum Gasteiger partial charge on any atom is -1.00 e. The van der Waals surface area contributed by atoms with Crippen molar-refractivity contribution in [1.82, 2.24) is 5.10 Å². The largest absolute Gasteiger partial charge is 1.00 e. The number of rotatable bonds is 5. The van der Waals surface area contributed by atoms with Gasteiger partial charge in [0.25, 0.3) is 5.13 Å². The number of para-hydroxylation sites is 1. The van der Waals surface area contributed by atoms with Gasteiger partial charge in [0.2, 0.25) is 5.69 Å². The molecule has 1 heterocycles. The van der Waals surface area contributed by atoms with Gasteiger partial charge < -0.3 is 22.5 Å². The Bertz CT molecular complexity index is 1110. The number of anilines is 2. The van der Waals surface area contributed by atoms with Crippen molar-refractivity contribution < 1.29 is 26.2 Å². The highest BCUT2D eigenvalue weighted by Crippen LogP contribution is 2.33. The summed E-state index contributed by atoms with van der Waals surface area (Å²) in [4.78, 5) is 0. The van der Waals surface area contributed by atoms with E-state index in [1.165, 1.54) is 23.5 Å². The minimum atomic E-state index is -0.282. The van der Waals surface area contributed by atoms with Gasteiger partial charge in [-0.05, 0) is 74.4 Å². The molecule has 29 heavy (non-hydrogen) atoms. The minimum absolute atomic E-state index is 0. The van der Waals surface area contributed by atoms with Gasteiger partial charge in [0.05, 0.1) is 17.1 Å². The van der Waals surface area contributed by atoms with Crippen molar-refractivity contribution in [3.63, 3.8) is 0 Å². The smallest absolute Gasteiger partial charge is 0.304 e. The SMILES string of the molecule is COc1ccc(-c2sc(Nc3ccccc3)n[n+]2-c2ccc(F)cc2)cc1Br.[Cl-]. The summed E-state index contributed by atoms with van der Waals surface area (Å²) in [5.41, 5.74) is 2.70. The molecule has 0 amide bonds. The summed E-state index contributed by atoms with van der Waals surface area (Å²) in [6.45, 7) is 0. The molecule has 0 radical (unpaired) electrons. The molecule has 4 rings (SSSR count). The Labute approximate surface area is 186 Å². The van der Waals surface area contributed by atoms with Gasteiger partial charge in [-0.2, -0.15) is 0 Å². The topological polar surface area (TPSA) is 38.0 Å². The van der Waals surface area contributed by atoms with Crippen LogP contribution in [0.5, 0.6) is 5.75 Å². The lowest BCUT2D eigenvalue weighted by Gasteiger charge is -2.03. The molecule has 0 atom stereocenters. The number of hydrogen-bond donors (Lipinski definition) is 1. The van der Waals surface area contributed by atoms with Crippen molar-refractivity contribution in [1.29, 1.82) is 0 Å². The van der Waals surface area contributed by atoms with Crippen molar-refractivity contribution in [3.8, 4) is 22.0 Å². The maximum atomic E-state index is 13.4. The average Bonchev–Trinajstić information content (AvgIpc) is 3.13. The molecule has 0 saturated carbocycles. The van der Waals surface area contributed by atoms with Gasteiger partial charge in [0, 0.05) is 22.9 Å². The molecule has 148 valence electrons. The lowest BCUT2D eigenvalue weighted by molar-refractivity contribution is -0.642. The molecule has 0 aliphatic heterocycles. The zero-order chi connectivity index (χ0) is 19.5. The van der Waals surface area contributed by atoms with Crippen LogP contribution in [0.3, 0.4) is 0 Å². The zero-order valence-electron chi connectivity index (χ0n) is 15.3. The Kier molecular flexibility index (Phi) is 6.84. The van der Waals surface area contributed by atoms with E-state index in [-0.39, 0.29) is 18.2 Å². The number of halogens is 3. The van der Waals surface area contributed by atoms with E-state index < -0.39 is 0 Å². The molecule has 8 heteroatoms. The highest BCUT2D eigenvalue weighted by molar-refractivity contribution is 9.10. The van der Waals surface area contributed by atoms with Gasteiger partial charge in [-0.25, -0.2) is 4.39 Å². The van der Waals surface area contributed by atoms with Gasteiger partial charge in [-0.3, -0.25) is 0 Å². The summed E-state index contributed by atoms with van der Waals surface area (Å²) in [5.74, 6) is 0.472. The third kappa shape index (κ3) is 4.75. The second-order valence-electron chi connectivity index (χ2n) is 5.94. The molecule has 0 fully saturated rings. The summed E-state index contributed by atoms with van der Waals surface area (Å²) >= 11 is 5.05. The van der Waals surface area contributed by atoms with Crippen LogP contribution >= 0.6 is 27.3 Å². The maximum absolute atomic E-state index is 13.4. The molecule has 0 spiro atoms. The summed E-state index contributed by atoms with van der Waals surface area (Å²) < 4.78 is 21.4. The van der Waals surface area contributed by atoms with Crippen molar-refractivity contribution in [3.05, 3.63) is 83.1 Å². The summed E-state index contributed by atoms with van der Waals surface area (Å²) in [6.07, 6.45) is 0. The number of benzene rings is 3. The van der Waals surface area contributed by atoms with Crippen LogP contribution in [0.25, 0.3) is 16.3 Å². The number of nitrogens with zero attached hydrogens (tertiary/aromatic N) is 2. The van der Waals surface area contributed by atoms with E-state index in [4.69, 9.17) is 9.84 Å². The summed E-state index contributed by atoms with van der Waals surface area (Å²) in [7, 11) is 1.63. The Morgan fingerprint density at radius 2 is 1.76 bits per heavy atom. The Balaban J connectivity index is 0.00000240. The molecule has 1 aromatic heterocycles. The summed E-state index contributed by atoms with van der Waals surface area (Å²) in [6, 6.07) is 22.0.